The number of likely N-dealkylation sites (tertiary alicyclic amines) is 1. The predicted molar refractivity (Wildman–Crippen MR) is 134 cm³/mol. The van der Waals surface area contributed by atoms with Gasteiger partial charge in [-0.15, -0.1) is 0 Å². The number of amides is 2. The molecule has 3 aliphatic rings. The van der Waals surface area contributed by atoms with Gasteiger partial charge in [-0.1, -0.05) is 28.1 Å². The van der Waals surface area contributed by atoms with E-state index in [0.29, 0.717) is 61.6 Å². The van der Waals surface area contributed by atoms with Crippen LogP contribution >= 0.6 is 15.9 Å². The van der Waals surface area contributed by atoms with E-state index in [0.717, 1.165) is 4.47 Å². The molecule has 0 radical (unpaired) electrons. The lowest BCUT2D eigenvalue weighted by molar-refractivity contribution is -0.181. The van der Waals surface area contributed by atoms with Crippen LogP contribution < -0.4 is 10.6 Å². The molecule has 35 heavy (non-hydrogen) atoms. The highest BCUT2D eigenvalue weighted by molar-refractivity contribution is 9.10. The lowest BCUT2D eigenvalue weighted by Gasteiger charge is -2.37. The smallest absolute Gasteiger partial charge is 0.253 e. The van der Waals surface area contributed by atoms with Gasteiger partial charge in [-0.3, -0.25) is 9.59 Å². The van der Waals surface area contributed by atoms with Gasteiger partial charge >= 0.3 is 0 Å². The standard InChI is InChI=1S/C24H26BrN3O6S/c25-18-3-1-2-16(12-18)14-35(31,32)15-21-22(29)27-20-13-17(4-5-19(20)26-21)23(30)28-8-6-24(7-9-28)33-10-11-34-24/h1-5,12-13,21,26H,6-11,14-15H2,(H,27,29)/t21-/m0/s1. The third-order valence-corrected chi connectivity index (χ3v) is 8.60. The zero-order chi connectivity index (χ0) is 24.6. The van der Waals surface area contributed by atoms with E-state index in [9.17, 15) is 18.0 Å². The number of benzene rings is 2. The van der Waals surface area contributed by atoms with Crippen LogP contribution in [0.5, 0.6) is 0 Å². The number of carbonyl (C=O) groups excluding carboxylic acids is 2. The van der Waals surface area contributed by atoms with Crippen molar-refractivity contribution in [2.75, 3.05) is 42.7 Å². The summed E-state index contributed by atoms with van der Waals surface area (Å²) in [7, 11) is -3.56. The van der Waals surface area contributed by atoms with Crippen molar-refractivity contribution in [1.29, 1.82) is 0 Å². The summed E-state index contributed by atoms with van der Waals surface area (Å²) < 4.78 is 37.7. The molecule has 186 valence electrons. The molecule has 2 aromatic carbocycles. The Morgan fingerprint density at radius 2 is 1.83 bits per heavy atom. The van der Waals surface area contributed by atoms with Crippen molar-refractivity contribution in [2.45, 2.75) is 30.4 Å². The molecule has 2 saturated heterocycles. The first-order chi connectivity index (χ1) is 16.7. The van der Waals surface area contributed by atoms with Gasteiger partial charge in [-0.25, -0.2) is 8.42 Å². The van der Waals surface area contributed by atoms with Gasteiger partial charge in [0.1, 0.15) is 6.04 Å². The van der Waals surface area contributed by atoms with Gasteiger partial charge in [-0.2, -0.15) is 0 Å². The molecule has 0 aromatic heterocycles. The second-order valence-corrected chi connectivity index (χ2v) is 12.1. The van der Waals surface area contributed by atoms with E-state index in [2.05, 4.69) is 26.6 Å². The van der Waals surface area contributed by atoms with Gasteiger partial charge < -0.3 is 25.0 Å². The lowest BCUT2D eigenvalue weighted by atomic mass is 10.0. The summed E-state index contributed by atoms with van der Waals surface area (Å²) in [5, 5.41) is 5.78. The SMILES string of the molecule is O=C1Nc2cc(C(=O)N3CCC4(CC3)OCCO4)ccc2N[C@H]1CS(=O)(=O)Cc1cccc(Br)c1. The Kier molecular flexibility index (Phi) is 6.60. The van der Waals surface area contributed by atoms with Crippen LogP contribution in [0.2, 0.25) is 0 Å². The summed E-state index contributed by atoms with van der Waals surface area (Å²) in [6, 6.07) is 11.2. The molecule has 11 heteroatoms. The van der Waals surface area contributed by atoms with Crippen LogP contribution in [0.15, 0.2) is 46.9 Å². The topological polar surface area (TPSA) is 114 Å². The number of fused-ring (bicyclic) bond motifs is 1. The van der Waals surface area contributed by atoms with Crippen molar-refractivity contribution in [3.8, 4) is 0 Å². The fraction of sp³-hybridized carbons (Fsp3) is 0.417. The Labute approximate surface area is 212 Å². The van der Waals surface area contributed by atoms with E-state index in [1.165, 1.54) is 0 Å². The van der Waals surface area contributed by atoms with Crippen LogP contribution in [0.25, 0.3) is 0 Å². The third kappa shape index (κ3) is 5.37. The molecule has 2 N–H and O–H groups in total. The molecular weight excluding hydrogens is 538 g/mol. The van der Waals surface area contributed by atoms with Gasteiger partial charge in [0.2, 0.25) is 5.91 Å². The van der Waals surface area contributed by atoms with Crippen molar-refractivity contribution >= 4 is 49.0 Å². The molecule has 9 nitrogen and oxygen atoms in total. The normalized spacial score (nSPS) is 21.3. The van der Waals surface area contributed by atoms with E-state index in [1.54, 1.807) is 41.3 Å². The van der Waals surface area contributed by atoms with Crippen LogP contribution in [0.1, 0.15) is 28.8 Å². The molecular formula is C24H26BrN3O6S. The van der Waals surface area contributed by atoms with Crippen LogP contribution in [0, 0.1) is 0 Å². The molecule has 5 rings (SSSR count). The molecule has 3 heterocycles. The molecule has 2 amide bonds. The Hall–Kier alpha value is -2.47. The lowest BCUT2D eigenvalue weighted by Crippen LogP contribution is -2.47. The maximum absolute atomic E-state index is 13.0. The van der Waals surface area contributed by atoms with Crippen LogP contribution in [0.3, 0.4) is 0 Å². The van der Waals surface area contributed by atoms with Crippen molar-refractivity contribution < 1.29 is 27.5 Å². The van der Waals surface area contributed by atoms with E-state index in [-0.39, 0.29) is 17.4 Å². The monoisotopic (exact) mass is 563 g/mol. The average molecular weight is 564 g/mol. The summed E-state index contributed by atoms with van der Waals surface area (Å²) in [5.41, 5.74) is 2.14. The predicted octanol–water partition coefficient (Wildman–Crippen LogP) is 2.78. The highest BCUT2D eigenvalue weighted by Crippen LogP contribution is 2.33. The molecule has 1 spiro atoms. The molecule has 0 aliphatic carbocycles. The molecule has 2 fully saturated rings. The summed E-state index contributed by atoms with van der Waals surface area (Å²) in [4.78, 5) is 27.5. The minimum atomic E-state index is -3.56. The van der Waals surface area contributed by atoms with E-state index >= 15 is 0 Å². The largest absolute Gasteiger partial charge is 0.371 e. The quantitative estimate of drug-likeness (QED) is 0.574. The Morgan fingerprint density at radius 1 is 1.09 bits per heavy atom. The fourth-order valence-corrected chi connectivity index (χ4v) is 6.70. The number of piperidine rings is 1. The number of ether oxygens (including phenoxy) is 2. The van der Waals surface area contributed by atoms with Crippen molar-refractivity contribution in [3.63, 3.8) is 0 Å². The zero-order valence-corrected chi connectivity index (χ0v) is 21.4. The van der Waals surface area contributed by atoms with E-state index in [4.69, 9.17) is 9.47 Å². The number of rotatable bonds is 5. The first-order valence-corrected chi connectivity index (χ1v) is 14.1. The number of hydrogen-bond acceptors (Lipinski definition) is 7. The molecule has 0 unspecified atom stereocenters. The van der Waals surface area contributed by atoms with Crippen LogP contribution in [-0.2, 0) is 29.9 Å². The Bertz CT molecular complexity index is 1250. The van der Waals surface area contributed by atoms with Crippen molar-refractivity contribution in [1.82, 2.24) is 4.90 Å². The summed E-state index contributed by atoms with van der Waals surface area (Å²) in [6.07, 6.45) is 1.25. The maximum atomic E-state index is 13.0. The van der Waals surface area contributed by atoms with E-state index in [1.807, 2.05) is 6.07 Å². The molecule has 0 saturated carbocycles. The Balaban J connectivity index is 1.23. The fourth-order valence-electron chi connectivity index (χ4n) is 4.71. The molecule has 3 aliphatic heterocycles. The number of nitrogens with zero attached hydrogens (tertiary/aromatic N) is 1. The average Bonchev–Trinajstić information content (AvgIpc) is 3.26. The molecule has 0 bridgehead atoms. The highest BCUT2D eigenvalue weighted by atomic mass is 79.9. The van der Waals surface area contributed by atoms with Crippen LogP contribution in [-0.4, -0.2) is 69.0 Å². The van der Waals surface area contributed by atoms with Crippen molar-refractivity contribution in [3.05, 3.63) is 58.1 Å². The van der Waals surface area contributed by atoms with Gasteiger partial charge in [0.05, 0.1) is 36.1 Å². The van der Waals surface area contributed by atoms with Gasteiger partial charge in [0.15, 0.2) is 15.6 Å². The first-order valence-electron chi connectivity index (χ1n) is 11.5. The van der Waals surface area contributed by atoms with Gasteiger partial charge in [-0.05, 0) is 35.9 Å². The minimum absolute atomic E-state index is 0.131. The number of carbonyl (C=O) groups is 2. The van der Waals surface area contributed by atoms with Crippen molar-refractivity contribution in [2.24, 2.45) is 0 Å². The second-order valence-electron chi connectivity index (χ2n) is 9.03. The molecule has 2 aromatic rings. The summed E-state index contributed by atoms with van der Waals surface area (Å²) in [6.45, 7) is 2.21. The maximum Gasteiger partial charge on any atom is 0.253 e. The van der Waals surface area contributed by atoms with Gasteiger partial charge in [0, 0.05) is 36.0 Å². The molecule has 1 atom stereocenters. The van der Waals surface area contributed by atoms with E-state index < -0.39 is 27.6 Å². The first kappa shape index (κ1) is 24.2. The number of sulfone groups is 1. The van der Waals surface area contributed by atoms with Gasteiger partial charge in [0.25, 0.3) is 5.91 Å². The second kappa shape index (κ2) is 9.53. The number of nitrogens with one attached hydrogen (secondary N) is 2. The zero-order valence-electron chi connectivity index (χ0n) is 19.0. The highest BCUT2D eigenvalue weighted by Gasteiger charge is 2.41. The summed E-state index contributed by atoms with van der Waals surface area (Å²) >= 11 is 3.34. The number of anilines is 2. The van der Waals surface area contributed by atoms with Crippen LogP contribution in [0.4, 0.5) is 11.4 Å². The summed E-state index contributed by atoms with van der Waals surface area (Å²) in [5.74, 6) is -1.64. The Morgan fingerprint density at radius 3 is 2.54 bits per heavy atom. The number of halogens is 1. The number of hydrogen-bond donors (Lipinski definition) is 2. The third-order valence-electron chi connectivity index (χ3n) is 6.49. The minimum Gasteiger partial charge on any atom is -0.371 e.